The molecule has 7 heteroatoms. The third-order valence-corrected chi connectivity index (χ3v) is 5.69. The lowest BCUT2D eigenvalue weighted by Gasteiger charge is -2.17. The van der Waals surface area contributed by atoms with Crippen molar-refractivity contribution in [3.05, 3.63) is 12.2 Å². The van der Waals surface area contributed by atoms with Crippen LogP contribution < -0.4 is 11.1 Å². The Hall–Kier alpha value is -1.89. The molecule has 1 saturated carbocycles. The number of aliphatic imine (C=N–C) groups is 1. The van der Waals surface area contributed by atoms with Gasteiger partial charge in [-0.15, -0.1) is 0 Å². The van der Waals surface area contributed by atoms with Crippen LogP contribution in [0.3, 0.4) is 0 Å². The van der Waals surface area contributed by atoms with Gasteiger partial charge >= 0.3 is 0 Å². The molecular weight excluding hydrogens is 308 g/mol. The molecule has 2 saturated heterocycles. The minimum Gasteiger partial charge on any atom is -0.376 e. The van der Waals surface area contributed by atoms with Crippen LogP contribution >= 0.6 is 0 Å². The van der Waals surface area contributed by atoms with Gasteiger partial charge in [0.15, 0.2) is 5.96 Å². The van der Waals surface area contributed by atoms with Gasteiger partial charge in [-0.25, -0.2) is 0 Å². The number of nitrogens with zero attached hydrogens (tertiary/aromatic N) is 2. The molecule has 2 aliphatic carbocycles. The number of hydrogen-bond donors (Lipinski definition) is 2. The van der Waals surface area contributed by atoms with E-state index in [4.69, 9.17) is 10.5 Å². The maximum Gasteiger partial charge on any atom is 0.233 e. The van der Waals surface area contributed by atoms with Crippen molar-refractivity contribution in [2.24, 2.45) is 34.4 Å². The van der Waals surface area contributed by atoms with Crippen molar-refractivity contribution < 1.29 is 14.3 Å². The van der Waals surface area contributed by atoms with E-state index in [-0.39, 0.29) is 41.6 Å². The van der Waals surface area contributed by atoms with Gasteiger partial charge in [0.25, 0.3) is 0 Å². The van der Waals surface area contributed by atoms with Crippen molar-refractivity contribution in [1.82, 2.24) is 10.2 Å². The summed E-state index contributed by atoms with van der Waals surface area (Å²) < 4.78 is 5.49. The number of allylic oxidation sites excluding steroid dienone is 2. The van der Waals surface area contributed by atoms with E-state index in [1.165, 1.54) is 4.90 Å². The number of nitrogens with one attached hydrogen (secondary N) is 1. The SMILES string of the molecule is NC(=NCC1CCCO1)NCCN1C(=O)C2C3C=CC(C3)C2C1=O. The third-order valence-electron chi connectivity index (χ3n) is 5.69. The highest BCUT2D eigenvalue weighted by molar-refractivity contribution is 6.06. The van der Waals surface area contributed by atoms with Crippen molar-refractivity contribution >= 4 is 17.8 Å². The van der Waals surface area contributed by atoms with Crippen LogP contribution in [0.2, 0.25) is 0 Å². The van der Waals surface area contributed by atoms with Gasteiger partial charge in [0, 0.05) is 19.7 Å². The number of guanidine groups is 1. The average Bonchev–Trinajstić information content (AvgIpc) is 3.33. The highest BCUT2D eigenvalue weighted by atomic mass is 16.5. The quantitative estimate of drug-likeness (QED) is 0.317. The summed E-state index contributed by atoms with van der Waals surface area (Å²) in [6.07, 6.45) is 7.43. The summed E-state index contributed by atoms with van der Waals surface area (Å²) in [6.45, 7) is 2.13. The second-order valence-electron chi connectivity index (χ2n) is 7.12. The normalized spacial score (nSPS) is 37.6. The first kappa shape index (κ1) is 15.6. The molecule has 7 nitrogen and oxygen atoms in total. The minimum absolute atomic E-state index is 0.0153. The van der Waals surface area contributed by atoms with Crippen molar-refractivity contribution in [2.75, 3.05) is 26.2 Å². The van der Waals surface area contributed by atoms with Gasteiger partial charge in [-0.05, 0) is 31.1 Å². The number of carbonyl (C=O) groups is 2. The van der Waals surface area contributed by atoms with Gasteiger partial charge in [0.05, 0.1) is 24.5 Å². The van der Waals surface area contributed by atoms with E-state index < -0.39 is 0 Å². The van der Waals surface area contributed by atoms with E-state index in [0.29, 0.717) is 25.6 Å². The smallest absolute Gasteiger partial charge is 0.233 e. The predicted molar refractivity (Wildman–Crippen MR) is 87.9 cm³/mol. The molecule has 4 rings (SSSR count). The highest BCUT2D eigenvalue weighted by Crippen LogP contribution is 2.52. The van der Waals surface area contributed by atoms with Crippen LogP contribution in [0.25, 0.3) is 0 Å². The van der Waals surface area contributed by atoms with Gasteiger partial charge in [-0.3, -0.25) is 19.5 Å². The Morgan fingerprint density at radius 3 is 2.62 bits per heavy atom. The predicted octanol–water partition coefficient (Wildman–Crippen LogP) is -0.123. The molecule has 24 heavy (non-hydrogen) atoms. The molecule has 130 valence electrons. The molecule has 0 aromatic rings. The monoisotopic (exact) mass is 332 g/mol. The molecule has 5 atom stereocenters. The second kappa shape index (κ2) is 6.20. The Balaban J connectivity index is 1.27. The lowest BCUT2D eigenvalue weighted by molar-refractivity contribution is -0.140. The maximum atomic E-state index is 12.5. The van der Waals surface area contributed by atoms with Crippen molar-refractivity contribution in [1.29, 1.82) is 0 Å². The van der Waals surface area contributed by atoms with E-state index in [2.05, 4.69) is 22.5 Å². The zero-order chi connectivity index (χ0) is 16.7. The summed E-state index contributed by atoms with van der Waals surface area (Å²) in [5.74, 6) is 0.569. The van der Waals surface area contributed by atoms with Crippen LogP contribution in [0.15, 0.2) is 17.1 Å². The summed E-state index contributed by atoms with van der Waals surface area (Å²) in [5, 5.41) is 2.99. The fraction of sp³-hybridized carbons (Fsp3) is 0.706. The van der Waals surface area contributed by atoms with Crippen LogP contribution in [-0.4, -0.2) is 55.0 Å². The lowest BCUT2D eigenvalue weighted by Crippen LogP contribution is -2.42. The highest BCUT2D eigenvalue weighted by Gasteiger charge is 2.58. The molecule has 4 aliphatic rings. The molecule has 2 bridgehead atoms. The number of ether oxygens (including phenoxy) is 1. The van der Waals surface area contributed by atoms with E-state index in [9.17, 15) is 9.59 Å². The van der Waals surface area contributed by atoms with E-state index in [0.717, 1.165) is 25.9 Å². The third kappa shape index (κ3) is 2.60. The first-order valence-electron chi connectivity index (χ1n) is 8.84. The zero-order valence-electron chi connectivity index (χ0n) is 13.7. The molecule has 0 spiro atoms. The van der Waals surface area contributed by atoms with E-state index in [1.807, 2.05) is 0 Å². The van der Waals surface area contributed by atoms with Gasteiger partial charge < -0.3 is 15.8 Å². The fourth-order valence-corrected chi connectivity index (χ4v) is 4.52. The minimum atomic E-state index is -0.127. The first-order chi connectivity index (χ1) is 11.6. The molecule has 2 heterocycles. The second-order valence-corrected chi connectivity index (χ2v) is 7.12. The maximum absolute atomic E-state index is 12.5. The first-order valence-corrected chi connectivity index (χ1v) is 8.84. The van der Waals surface area contributed by atoms with Gasteiger partial charge in [0.1, 0.15) is 0 Å². The van der Waals surface area contributed by atoms with Gasteiger partial charge in [-0.2, -0.15) is 0 Å². The number of likely N-dealkylation sites (tertiary alicyclic amines) is 1. The molecule has 3 N–H and O–H groups in total. The van der Waals surface area contributed by atoms with E-state index >= 15 is 0 Å². The summed E-state index contributed by atoms with van der Waals surface area (Å²) in [7, 11) is 0. The molecule has 0 aromatic heterocycles. The molecule has 2 aliphatic heterocycles. The Kier molecular flexibility index (Phi) is 4.04. The molecule has 2 amide bonds. The summed E-state index contributed by atoms with van der Waals surface area (Å²) in [5.41, 5.74) is 5.84. The number of fused-ring (bicyclic) bond motifs is 5. The zero-order valence-corrected chi connectivity index (χ0v) is 13.7. The largest absolute Gasteiger partial charge is 0.376 e. The van der Waals surface area contributed by atoms with Crippen LogP contribution in [-0.2, 0) is 14.3 Å². The number of imide groups is 1. The number of rotatable bonds is 5. The fourth-order valence-electron chi connectivity index (χ4n) is 4.52. The Morgan fingerprint density at radius 1 is 1.29 bits per heavy atom. The van der Waals surface area contributed by atoms with Gasteiger partial charge in [0.2, 0.25) is 11.8 Å². The topological polar surface area (TPSA) is 97.0 Å². The Morgan fingerprint density at radius 2 is 2.00 bits per heavy atom. The molecule has 0 radical (unpaired) electrons. The van der Waals surface area contributed by atoms with Crippen LogP contribution in [0.5, 0.6) is 0 Å². The standard InChI is InChI=1S/C17H24N4O3/c18-17(20-9-12-2-1-7-24-12)19-5-6-21-15(22)13-10-3-4-11(8-10)14(13)16(21)23/h3-4,10-14H,1-2,5-9H2,(H3,18,19,20). The summed E-state index contributed by atoms with van der Waals surface area (Å²) in [6, 6.07) is 0. The number of carbonyl (C=O) groups excluding carboxylic acids is 2. The number of hydrogen-bond acceptors (Lipinski definition) is 4. The summed E-state index contributed by atoms with van der Waals surface area (Å²) >= 11 is 0. The molecular formula is C17H24N4O3. The molecule has 0 aromatic carbocycles. The van der Waals surface area contributed by atoms with Crippen LogP contribution in [0, 0.1) is 23.7 Å². The van der Waals surface area contributed by atoms with Crippen molar-refractivity contribution in [3.63, 3.8) is 0 Å². The number of nitrogens with two attached hydrogens (primary N) is 1. The van der Waals surface area contributed by atoms with Crippen LogP contribution in [0.1, 0.15) is 19.3 Å². The van der Waals surface area contributed by atoms with Crippen LogP contribution in [0.4, 0.5) is 0 Å². The Bertz CT molecular complexity index is 567. The molecule has 3 fully saturated rings. The lowest BCUT2D eigenvalue weighted by atomic mass is 9.85. The van der Waals surface area contributed by atoms with Gasteiger partial charge in [-0.1, -0.05) is 12.2 Å². The van der Waals surface area contributed by atoms with Crippen molar-refractivity contribution in [2.45, 2.75) is 25.4 Å². The molecule has 5 unspecified atom stereocenters. The Labute approximate surface area is 141 Å². The number of amides is 2. The van der Waals surface area contributed by atoms with Crippen molar-refractivity contribution in [3.8, 4) is 0 Å². The van der Waals surface area contributed by atoms with E-state index in [1.54, 1.807) is 0 Å². The average molecular weight is 332 g/mol. The summed E-state index contributed by atoms with van der Waals surface area (Å²) in [4.78, 5) is 30.7.